The van der Waals surface area contributed by atoms with Gasteiger partial charge in [0.25, 0.3) is 5.91 Å². The summed E-state index contributed by atoms with van der Waals surface area (Å²) in [5.41, 5.74) is 0.547. The van der Waals surface area contributed by atoms with E-state index in [1.807, 2.05) is 18.4 Å². The minimum absolute atomic E-state index is 0.0486. The number of nitrogens with one attached hydrogen (secondary N) is 1. The van der Waals surface area contributed by atoms with E-state index in [-0.39, 0.29) is 17.7 Å². The van der Waals surface area contributed by atoms with Crippen molar-refractivity contribution in [1.29, 1.82) is 0 Å². The number of carbonyl (C=O) groups excluding carboxylic acids is 2. The number of hydrogen-bond donors (Lipinski definition) is 1. The molecule has 1 amide bonds. The molecule has 0 spiro atoms. The zero-order valence-corrected chi connectivity index (χ0v) is 12.8. The van der Waals surface area contributed by atoms with E-state index in [4.69, 9.17) is 4.74 Å². The largest absolute Gasteiger partial charge is 0.497 e. The summed E-state index contributed by atoms with van der Waals surface area (Å²) in [5, 5.41) is 4.70. The van der Waals surface area contributed by atoms with Crippen LogP contribution >= 0.6 is 11.3 Å². The van der Waals surface area contributed by atoms with Crippen molar-refractivity contribution < 1.29 is 14.3 Å². The summed E-state index contributed by atoms with van der Waals surface area (Å²) in [6.07, 6.45) is 0.294. The fraction of sp³-hybridized carbons (Fsp3) is 0.250. The molecule has 1 atom stereocenters. The molecule has 1 heterocycles. The Balaban J connectivity index is 1.90. The van der Waals surface area contributed by atoms with Crippen LogP contribution in [0.1, 0.15) is 33.4 Å². The van der Waals surface area contributed by atoms with Crippen LogP contribution in [0.5, 0.6) is 5.75 Å². The van der Waals surface area contributed by atoms with Gasteiger partial charge in [-0.25, -0.2) is 0 Å². The Hall–Kier alpha value is -2.14. The van der Waals surface area contributed by atoms with Gasteiger partial charge in [0.1, 0.15) is 5.75 Å². The number of rotatable bonds is 6. The molecule has 0 aliphatic rings. The second kappa shape index (κ2) is 7.04. The van der Waals surface area contributed by atoms with Gasteiger partial charge in [0.05, 0.1) is 12.0 Å². The molecule has 1 aromatic heterocycles. The van der Waals surface area contributed by atoms with Gasteiger partial charge in [0.15, 0.2) is 5.78 Å². The number of ketones is 1. The topological polar surface area (TPSA) is 55.4 Å². The Morgan fingerprint density at radius 1 is 1.24 bits per heavy atom. The lowest BCUT2D eigenvalue weighted by molar-refractivity contribution is 0.0919. The van der Waals surface area contributed by atoms with Crippen molar-refractivity contribution in [3.8, 4) is 5.75 Å². The van der Waals surface area contributed by atoms with E-state index in [2.05, 4.69) is 5.32 Å². The Bertz CT molecular complexity index is 605. The number of hydrogen-bond acceptors (Lipinski definition) is 4. The van der Waals surface area contributed by atoms with Crippen LogP contribution in [-0.4, -0.2) is 24.8 Å². The molecule has 0 saturated heterocycles. The van der Waals surface area contributed by atoms with Gasteiger partial charge >= 0.3 is 0 Å². The molecule has 110 valence electrons. The Morgan fingerprint density at radius 2 is 1.95 bits per heavy atom. The van der Waals surface area contributed by atoms with Crippen molar-refractivity contribution in [2.24, 2.45) is 0 Å². The summed E-state index contributed by atoms with van der Waals surface area (Å²) in [5.74, 6) is 0.559. The summed E-state index contributed by atoms with van der Waals surface area (Å²) < 4.78 is 5.05. The summed E-state index contributed by atoms with van der Waals surface area (Å²) in [7, 11) is 1.58. The van der Waals surface area contributed by atoms with Crippen molar-refractivity contribution >= 4 is 23.0 Å². The number of benzene rings is 1. The number of thiophene rings is 1. The smallest absolute Gasteiger partial charge is 0.251 e. The number of methoxy groups -OCH3 is 1. The monoisotopic (exact) mass is 303 g/mol. The first-order valence-electron chi connectivity index (χ1n) is 6.61. The van der Waals surface area contributed by atoms with Gasteiger partial charge in [-0.2, -0.15) is 0 Å². The van der Waals surface area contributed by atoms with Crippen molar-refractivity contribution in [2.75, 3.05) is 7.11 Å². The second-order valence-electron chi connectivity index (χ2n) is 4.71. The third-order valence-electron chi connectivity index (χ3n) is 3.02. The van der Waals surface area contributed by atoms with Crippen molar-refractivity contribution in [2.45, 2.75) is 19.4 Å². The lowest BCUT2D eigenvalue weighted by Crippen LogP contribution is -2.34. The molecule has 21 heavy (non-hydrogen) atoms. The number of amides is 1. The lowest BCUT2D eigenvalue weighted by Gasteiger charge is -2.13. The zero-order valence-electron chi connectivity index (χ0n) is 12.0. The highest BCUT2D eigenvalue weighted by atomic mass is 32.1. The van der Waals surface area contributed by atoms with Gasteiger partial charge in [-0.3, -0.25) is 9.59 Å². The van der Waals surface area contributed by atoms with E-state index < -0.39 is 0 Å². The molecular weight excluding hydrogens is 286 g/mol. The fourth-order valence-corrected chi connectivity index (χ4v) is 2.59. The predicted molar refractivity (Wildman–Crippen MR) is 83.2 cm³/mol. The average Bonchev–Trinajstić information content (AvgIpc) is 3.01. The van der Waals surface area contributed by atoms with E-state index in [0.717, 1.165) is 4.88 Å². The molecule has 5 heteroatoms. The van der Waals surface area contributed by atoms with Crippen LogP contribution < -0.4 is 10.1 Å². The Kier molecular flexibility index (Phi) is 5.11. The van der Waals surface area contributed by atoms with Gasteiger partial charge in [0.2, 0.25) is 0 Å². The Morgan fingerprint density at radius 3 is 2.52 bits per heavy atom. The summed E-state index contributed by atoms with van der Waals surface area (Å²) in [6, 6.07) is 10.3. The number of carbonyl (C=O) groups is 2. The maximum absolute atomic E-state index is 12.1. The molecule has 0 radical (unpaired) electrons. The third kappa shape index (κ3) is 4.16. The molecule has 0 saturated carbocycles. The molecule has 0 fully saturated rings. The molecule has 0 aliphatic heterocycles. The minimum Gasteiger partial charge on any atom is -0.497 e. The second-order valence-corrected chi connectivity index (χ2v) is 5.66. The van der Waals surface area contributed by atoms with Crippen LogP contribution in [-0.2, 0) is 0 Å². The van der Waals surface area contributed by atoms with Crippen LogP contribution in [0.15, 0.2) is 41.8 Å². The van der Waals surface area contributed by atoms with Crippen LogP contribution in [0.2, 0.25) is 0 Å². The molecule has 0 unspecified atom stereocenters. The molecule has 1 N–H and O–H groups in total. The summed E-state index contributed by atoms with van der Waals surface area (Å²) >= 11 is 1.42. The van der Waals surface area contributed by atoms with Crippen molar-refractivity contribution in [3.63, 3.8) is 0 Å². The summed E-state index contributed by atoms with van der Waals surface area (Å²) in [6.45, 7) is 1.83. The van der Waals surface area contributed by atoms with Gasteiger partial charge in [-0.05, 0) is 42.6 Å². The van der Waals surface area contributed by atoms with Gasteiger partial charge in [-0.1, -0.05) is 6.07 Å². The van der Waals surface area contributed by atoms with Gasteiger partial charge in [-0.15, -0.1) is 11.3 Å². The Labute approximate surface area is 127 Å². The standard InChI is InChI=1S/C16H17NO3S/c1-11(10-14(18)15-4-3-9-21-15)17-16(19)12-5-7-13(20-2)8-6-12/h3-9,11H,10H2,1-2H3,(H,17,19)/t11-/m1/s1. The SMILES string of the molecule is COc1ccc(C(=O)N[C@H](C)CC(=O)c2cccs2)cc1. The van der Waals surface area contributed by atoms with E-state index in [1.54, 1.807) is 37.4 Å². The van der Waals surface area contributed by atoms with Crippen LogP contribution in [0.3, 0.4) is 0 Å². The highest BCUT2D eigenvalue weighted by Crippen LogP contribution is 2.14. The van der Waals surface area contributed by atoms with Crippen LogP contribution in [0, 0.1) is 0 Å². The highest BCUT2D eigenvalue weighted by molar-refractivity contribution is 7.12. The fourth-order valence-electron chi connectivity index (χ4n) is 1.92. The van der Waals surface area contributed by atoms with Crippen LogP contribution in [0.4, 0.5) is 0 Å². The molecule has 2 rings (SSSR count). The normalized spacial score (nSPS) is 11.7. The number of ether oxygens (including phenoxy) is 1. The molecular formula is C16H17NO3S. The molecule has 0 bridgehead atoms. The van der Waals surface area contributed by atoms with E-state index in [0.29, 0.717) is 17.7 Å². The quantitative estimate of drug-likeness (QED) is 0.834. The lowest BCUT2D eigenvalue weighted by atomic mass is 10.1. The van der Waals surface area contributed by atoms with Crippen molar-refractivity contribution in [3.05, 3.63) is 52.2 Å². The van der Waals surface area contributed by atoms with Gasteiger partial charge < -0.3 is 10.1 Å². The molecule has 4 nitrogen and oxygen atoms in total. The van der Waals surface area contributed by atoms with Crippen LogP contribution in [0.25, 0.3) is 0 Å². The predicted octanol–water partition coefficient (Wildman–Crippen LogP) is 3.15. The van der Waals surface area contributed by atoms with Gasteiger partial charge in [0, 0.05) is 18.0 Å². The maximum Gasteiger partial charge on any atom is 0.251 e. The van der Waals surface area contributed by atoms with E-state index in [9.17, 15) is 9.59 Å². The molecule has 2 aromatic rings. The minimum atomic E-state index is -0.214. The third-order valence-corrected chi connectivity index (χ3v) is 3.93. The van der Waals surface area contributed by atoms with Crippen molar-refractivity contribution in [1.82, 2.24) is 5.32 Å². The first kappa shape index (κ1) is 15.3. The first-order chi connectivity index (χ1) is 10.1. The number of Topliss-reactive ketones (excluding diaryl/α,β-unsaturated/α-hetero) is 1. The maximum atomic E-state index is 12.1. The highest BCUT2D eigenvalue weighted by Gasteiger charge is 2.15. The first-order valence-corrected chi connectivity index (χ1v) is 7.49. The van der Waals surface area contributed by atoms with E-state index >= 15 is 0 Å². The molecule has 0 aliphatic carbocycles. The summed E-state index contributed by atoms with van der Waals surface area (Å²) in [4.78, 5) is 24.7. The zero-order chi connectivity index (χ0) is 15.2. The average molecular weight is 303 g/mol. The van der Waals surface area contributed by atoms with E-state index in [1.165, 1.54) is 11.3 Å². The molecule has 1 aromatic carbocycles.